The average molecular weight is 355 g/mol. The molecule has 2 aromatic heterocycles. The van der Waals surface area contributed by atoms with E-state index in [0.29, 0.717) is 30.0 Å². The van der Waals surface area contributed by atoms with E-state index in [2.05, 4.69) is 15.4 Å². The summed E-state index contributed by atoms with van der Waals surface area (Å²) in [4.78, 5) is 16.1. The molecule has 3 heterocycles. The summed E-state index contributed by atoms with van der Waals surface area (Å²) in [5.74, 6) is -0.504. The number of nitrogens with zero attached hydrogens (tertiary/aromatic N) is 4. The third-order valence-corrected chi connectivity index (χ3v) is 5.40. The van der Waals surface area contributed by atoms with E-state index >= 15 is 0 Å². The Morgan fingerprint density at radius 1 is 1.36 bits per heavy atom. The fourth-order valence-corrected chi connectivity index (χ4v) is 4.10. The minimum Gasteiger partial charge on any atom is -0.316 e. The number of halogens is 3. The van der Waals surface area contributed by atoms with E-state index in [1.165, 1.54) is 0 Å². The van der Waals surface area contributed by atoms with Gasteiger partial charge in [-0.25, -0.2) is 0 Å². The van der Waals surface area contributed by atoms with E-state index in [1.54, 1.807) is 10.8 Å². The van der Waals surface area contributed by atoms with Gasteiger partial charge in [0.15, 0.2) is 0 Å². The van der Waals surface area contributed by atoms with E-state index in [-0.39, 0.29) is 11.7 Å². The van der Waals surface area contributed by atoms with Crippen molar-refractivity contribution in [2.45, 2.75) is 51.4 Å². The van der Waals surface area contributed by atoms with Crippen LogP contribution in [0.1, 0.15) is 44.0 Å². The fraction of sp³-hybridized carbons (Fsp3) is 0.688. The van der Waals surface area contributed by atoms with Crippen molar-refractivity contribution < 1.29 is 13.2 Å². The van der Waals surface area contributed by atoms with Crippen LogP contribution in [0.5, 0.6) is 0 Å². The monoisotopic (exact) mass is 355 g/mol. The van der Waals surface area contributed by atoms with Crippen LogP contribution in [0.2, 0.25) is 0 Å². The van der Waals surface area contributed by atoms with Gasteiger partial charge >= 0.3 is 6.18 Å². The Morgan fingerprint density at radius 3 is 2.68 bits per heavy atom. The minimum absolute atomic E-state index is 0.0301. The molecular weight excluding hydrogens is 335 g/mol. The molecule has 0 aromatic carbocycles. The second-order valence-electron chi connectivity index (χ2n) is 7.44. The summed E-state index contributed by atoms with van der Waals surface area (Å²) in [6.07, 6.45) is -0.903. The van der Waals surface area contributed by atoms with E-state index in [9.17, 15) is 18.0 Å². The molecule has 2 aliphatic rings. The number of fused-ring (bicyclic) bond motifs is 3. The van der Waals surface area contributed by atoms with Gasteiger partial charge in [-0.1, -0.05) is 13.8 Å². The van der Waals surface area contributed by atoms with Crippen molar-refractivity contribution in [3.05, 3.63) is 27.9 Å². The van der Waals surface area contributed by atoms with Gasteiger partial charge in [-0.3, -0.25) is 4.79 Å². The highest BCUT2D eigenvalue weighted by Crippen LogP contribution is 2.37. The van der Waals surface area contributed by atoms with Crippen molar-refractivity contribution in [1.82, 2.24) is 24.5 Å². The molecule has 9 heteroatoms. The summed E-state index contributed by atoms with van der Waals surface area (Å²) >= 11 is 0. The summed E-state index contributed by atoms with van der Waals surface area (Å²) in [5, 5.41) is 6.88. The standard InChI is InChI=1S/C16H20F3N5O/c1-8(2)12-7-23(6-10-4-11-3-9(10)5-20-11)15-21-14(16(17,18)19)22-24(15)13(12)25/h7-11,20H,3-6H2,1-2H3/t9-,10-,11-/m1/s1. The summed E-state index contributed by atoms with van der Waals surface area (Å²) in [5.41, 5.74) is -0.0775. The molecule has 1 N–H and O–H groups in total. The van der Waals surface area contributed by atoms with Crippen molar-refractivity contribution in [3.63, 3.8) is 0 Å². The molecule has 1 saturated heterocycles. The minimum atomic E-state index is -4.68. The van der Waals surface area contributed by atoms with Crippen molar-refractivity contribution in [1.29, 1.82) is 0 Å². The van der Waals surface area contributed by atoms with E-state index in [4.69, 9.17) is 0 Å². The molecular formula is C16H20F3N5O. The van der Waals surface area contributed by atoms with Crippen molar-refractivity contribution in [2.24, 2.45) is 11.8 Å². The smallest absolute Gasteiger partial charge is 0.316 e. The van der Waals surface area contributed by atoms with Gasteiger partial charge in [0.1, 0.15) is 0 Å². The Labute approximate surface area is 142 Å². The van der Waals surface area contributed by atoms with Crippen LogP contribution in [0, 0.1) is 11.8 Å². The first-order valence-electron chi connectivity index (χ1n) is 8.54. The third-order valence-electron chi connectivity index (χ3n) is 5.40. The molecule has 4 rings (SSSR count). The molecule has 1 aliphatic carbocycles. The highest BCUT2D eigenvalue weighted by Gasteiger charge is 2.40. The summed E-state index contributed by atoms with van der Waals surface area (Å²) in [6.45, 7) is 5.19. The van der Waals surface area contributed by atoms with Crippen LogP contribution in [-0.4, -0.2) is 31.8 Å². The molecule has 6 nitrogen and oxygen atoms in total. The number of rotatable bonds is 3. The predicted octanol–water partition coefficient (Wildman–Crippen LogP) is 2.03. The van der Waals surface area contributed by atoms with Crippen molar-refractivity contribution in [2.75, 3.05) is 6.54 Å². The second kappa shape index (κ2) is 5.55. The maximum Gasteiger partial charge on any atom is 0.453 e. The van der Waals surface area contributed by atoms with Gasteiger partial charge in [-0.15, -0.1) is 5.10 Å². The van der Waals surface area contributed by atoms with Gasteiger partial charge in [0.25, 0.3) is 11.4 Å². The molecule has 1 saturated carbocycles. The molecule has 2 fully saturated rings. The largest absolute Gasteiger partial charge is 0.453 e. The molecule has 136 valence electrons. The van der Waals surface area contributed by atoms with Crippen LogP contribution in [0.15, 0.2) is 11.0 Å². The van der Waals surface area contributed by atoms with E-state index in [1.807, 2.05) is 13.8 Å². The molecule has 0 amide bonds. The first-order chi connectivity index (χ1) is 11.7. The zero-order valence-electron chi connectivity index (χ0n) is 14.0. The number of alkyl halides is 3. The molecule has 2 bridgehead atoms. The topological polar surface area (TPSA) is 64.2 Å². The Balaban J connectivity index is 1.82. The number of hydrogen-bond donors (Lipinski definition) is 1. The van der Waals surface area contributed by atoms with Crippen LogP contribution in [0.4, 0.5) is 13.2 Å². The van der Waals surface area contributed by atoms with Crippen LogP contribution in [0.3, 0.4) is 0 Å². The Morgan fingerprint density at radius 2 is 2.12 bits per heavy atom. The van der Waals surface area contributed by atoms with Gasteiger partial charge in [-0.2, -0.15) is 22.7 Å². The summed E-state index contributed by atoms with van der Waals surface area (Å²) in [7, 11) is 0. The average Bonchev–Trinajstić information content (AvgIpc) is 3.22. The summed E-state index contributed by atoms with van der Waals surface area (Å²) in [6, 6.07) is 0.499. The molecule has 0 spiro atoms. The summed E-state index contributed by atoms with van der Waals surface area (Å²) < 4.78 is 41.5. The lowest BCUT2D eigenvalue weighted by atomic mass is 9.95. The van der Waals surface area contributed by atoms with Gasteiger partial charge in [0.2, 0.25) is 5.78 Å². The van der Waals surface area contributed by atoms with Gasteiger partial charge in [-0.05, 0) is 37.1 Å². The number of hydrogen-bond acceptors (Lipinski definition) is 4. The van der Waals surface area contributed by atoms with Crippen LogP contribution < -0.4 is 10.9 Å². The number of aromatic nitrogens is 4. The Kier molecular flexibility index (Phi) is 3.68. The Hall–Kier alpha value is -1.90. The normalized spacial score (nSPS) is 26.2. The number of nitrogens with one attached hydrogen (secondary N) is 1. The van der Waals surface area contributed by atoms with Crippen LogP contribution in [-0.2, 0) is 12.7 Å². The zero-order chi connectivity index (χ0) is 17.9. The second-order valence-corrected chi connectivity index (χ2v) is 7.44. The van der Waals surface area contributed by atoms with Crippen molar-refractivity contribution >= 4 is 5.78 Å². The first kappa shape index (κ1) is 16.6. The van der Waals surface area contributed by atoms with E-state index in [0.717, 1.165) is 23.9 Å². The SMILES string of the molecule is CC(C)c1cn(C[C@H]2C[C@H]3C[C@@H]2CN3)c2nc(C(F)(F)F)nn2c1=O. The highest BCUT2D eigenvalue weighted by molar-refractivity contribution is 5.32. The molecule has 0 radical (unpaired) electrons. The molecule has 2 aromatic rings. The molecule has 25 heavy (non-hydrogen) atoms. The maximum atomic E-state index is 13.0. The van der Waals surface area contributed by atoms with Crippen LogP contribution >= 0.6 is 0 Å². The lowest BCUT2D eigenvalue weighted by molar-refractivity contribution is -0.144. The maximum absolute atomic E-state index is 13.0. The van der Waals surface area contributed by atoms with Crippen LogP contribution in [0.25, 0.3) is 5.78 Å². The fourth-order valence-electron chi connectivity index (χ4n) is 4.10. The molecule has 1 aliphatic heterocycles. The third kappa shape index (κ3) is 2.74. The molecule has 0 unspecified atom stereocenters. The lowest BCUT2D eigenvalue weighted by Crippen LogP contribution is -2.32. The lowest BCUT2D eigenvalue weighted by Gasteiger charge is -2.24. The van der Waals surface area contributed by atoms with Gasteiger partial charge in [0.05, 0.1) is 0 Å². The Bertz CT molecular complexity index is 869. The predicted molar refractivity (Wildman–Crippen MR) is 84.3 cm³/mol. The highest BCUT2D eigenvalue weighted by atomic mass is 19.4. The van der Waals surface area contributed by atoms with Gasteiger partial charge in [0, 0.05) is 24.3 Å². The van der Waals surface area contributed by atoms with E-state index < -0.39 is 17.6 Å². The molecule has 3 atom stereocenters. The number of piperidine rings is 1. The first-order valence-corrected chi connectivity index (χ1v) is 8.54. The van der Waals surface area contributed by atoms with Gasteiger partial charge < -0.3 is 9.88 Å². The zero-order valence-corrected chi connectivity index (χ0v) is 14.0. The quantitative estimate of drug-likeness (QED) is 0.915. The van der Waals surface area contributed by atoms with Crippen molar-refractivity contribution in [3.8, 4) is 0 Å².